The third kappa shape index (κ3) is 2.27. The first kappa shape index (κ1) is 14.7. The first-order valence-corrected chi connectivity index (χ1v) is 7.09. The lowest BCUT2D eigenvalue weighted by molar-refractivity contribution is -0.117. The molecule has 0 aliphatic carbocycles. The first-order valence-electron chi connectivity index (χ1n) is 7.09. The number of carbonyl (C=O) groups excluding carboxylic acids is 1. The van der Waals surface area contributed by atoms with Crippen LogP contribution in [-0.4, -0.2) is 11.0 Å². The highest BCUT2D eigenvalue weighted by atomic mass is 19.1. The molecule has 2 N–H and O–H groups in total. The van der Waals surface area contributed by atoms with Gasteiger partial charge in [-0.25, -0.2) is 8.78 Å². The minimum absolute atomic E-state index is 0.0458. The largest absolute Gasteiger partial charge is 0.383 e. The molecule has 2 atom stereocenters. The summed E-state index contributed by atoms with van der Waals surface area (Å²) < 4.78 is 27.7. The maximum Gasteiger partial charge on any atom is 0.232 e. The summed E-state index contributed by atoms with van der Waals surface area (Å²) in [6.45, 7) is 1.83. The molecule has 0 spiro atoms. The summed E-state index contributed by atoms with van der Waals surface area (Å²) in [6.07, 6.45) is -0.820. The quantitative estimate of drug-likeness (QED) is 0.912. The highest BCUT2D eigenvalue weighted by Gasteiger charge is 2.33. The number of hydrogen-bond acceptors (Lipinski definition) is 2. The Kier molecular flexibility index (Phi) is 3.66. The van der Waals surface area contributed by atoms with Crippen LogP contribution in [-0.2, 0) is 4.79 Å². The van der Waals surface area contributed by atoms with E-state index in [1.165, 1.54) is 24.3 Å². The van der Waals surface area contributed by atoms with E-state index >= 15 is 0 Å². The fourth-order valence-corrected chi connectivity index (χ4v) is 2.91. The van der Waals surface area contributed by atoms with E-state index in [2.05, 4.69) is 5.32 Å². The summed E-state index contributed by atoms with van der Waals surface area (Å²) in [7, 11) is 0. The highest BCUT2D eigenvalue weighted by molar-refractivity contribution is 6.03. The minimum Gasteiger partial charge on any atom is -0.383 e. The van der Waals surface area contributed by atoms with Crippen LogP contribution >= 0.6 is 0 Å². The van der Waals surface area contributed by atoms with E-state index in [0.717, 1.165) is 6.07 Å². The number of benzene rings is 2. The molecule has 5 heteroatoms. The van der Waals surface area contributed by atoms with Crippen molar-refractivity contribution in [2.24, 2.45) is 0 Å². The Morgan fingerprint density at radius 2 is 1.95 bits per heavy atom. The smallest absolute Gasteiger partial charge is 0.232 e. The Morgan fingerprint density at radius 1 is 1.23 bits per heavy atom. The van der Waals surface area contributed by atoms with E-state index < -0.39 is 23.7 Å². The second-order valence-corrected chi connectivity index (χ2v) is 5.33. The van der Waals surface area contributed by atoms with E-state index in [9.17, 15) is 18.7 Å². The molecule has 0 saturated heterocycles. The van der Waals surface area contributed by atoms with Gasteiger partial charge in [0.2, 0.25) is 5.91 Å². The van der Waals surface area contributed by atoms with Crippen molar-refractivity contribution in [1.82, 2.24) is 0 Å². The lowest BCUT2D eigenvalue weighted by Crippen LogP contribution is -2.11. The number of amides is 1. The van der Waals surface area contributed by atoms with Gasteiger partial charge in [-0.05, 0) is 30.2 Å². The molecular weight excluding hydrogens is 288 g/mol. The third-order valence-corrected chi connectivity index (χ3v) is 4.01. The van der Waals surface area contributed by atoms with Crippen LogP contribution in [0.4, 0.5) is 14.5 Å². The molecule has 2 unspecified atom stereocenters. The number of halogens is 2. The Labute approximate surface area is 126 Å². The second-order valence-electron chi connectivity index (χ2n) is 5.33. The lowest BCUT2D eigenvalue weighted by atomic mass is 9.92. The van der Waals surface area contributed by atoms with Crippen molar-refractivity contribution in [1.29, 1.82) is 0 Å². The fourth-order valence-electron chi connectivity index (χ4n) is 2.91. The van der Waals surface area contributed by atoms with Crippen molar-refractivity contribution in [2.45, 2.75) is 25.4 Å². The molecule has 0 saturated carbocycles. The average molecular weight is 303 g/mol. The van der Waals surface area contributed by atoms with Gasteiger partial charge in [0, 0.05) is 11.1 Å². The van der Waals surface area contributed by atoms with E-state index in [0.29, 0.717) is 17.7 Å². The Balaban J connectivity index is 2.13. The molecule has 1 aliphatic heterocycles. The normalized spacial score (nSPS) is 18.0. The maximum atomic E-state index is 13.9. The van der Waals surface area contributed by atoms with Crippen molar-refractivity contribution in [3.05, 3.63) is 64.7 Å². The van der Waals surface area contributed by atoms with E-state index in [1.807, 2.05) is 6.92 Å². The number of carbonyl (C=O) groups is 1. The van der Waals surface area contributed by atoms with Gasteiger partial charge < -0.3 is 10.4 Å². The third-order valence-electron chi connectivity index (χ3n) is 4.01. The molecule has 22 heavy (non-hydrogen) atoms. The number of hydrogen-bond donors (Lipinski definition) is 2. The van der Waals surface area contributed by atoms with Crippen LogP contribution < -0.4 is 5.32 Å². The molecule has 1 aliphatic rings. The topological polar surface area (TPSA) is 49.3 Å². The lowest BCUT2D eigenvalue weighted by Gasteiger charge is -2.16. The summed E-state index contributed by atoms with van der Waals surface area (Å²) in [6, 6.07) is 8.19. The van der Waals surface area contributed by atoms with Crippen molar-refractivity contribution in [3.63, 3.8) is 0 Å². The summed E-state index contributed by atoms with van der Waals surface area (Å²) in [5.41, 5.74) is 1.11. The van der Waals surface area contributed by atoms with Crippen LogP contribution in [0.2, 0.25) is 0 Å². The Bertz CT molecular complexity index is 745. The van der Waals surface area contributed by atoms with Gasteiger partial charge in [-0.3, -0.25) is 4.79 Å². The molecule has 1 heterocycles. The van der Waals surface area contributed by atoms with Crippen LogP contribution in [0.5, 0.6) is 0 Å². The highest BCUT2D eigenvalue weighted by Crippen LogP contribution is 2.41. The molecule has 1 amide bonds. The number of aliphatic hydroxyl groups is 1. The van der Waals surface area contributed by atoms with Crippen LogP contribution in [0.1, 0.15) is 42.1 Å². The number of fused-ring (bicyclic) bond motifs is 1. The summed E-state index contributed by atoms with van der Waals surface area (Å²) in [5, 5.41) is 13.1. The van der Waals surface area contributed by atoms with Crippen molar-refractivity contribution in [3.8, 4) is 0 Å². The SMILES string of the molecule is CCC1C(=O)Nc2c1cc(F)cc2C(O)c1ccccc1F. The van der Waals surface area contributed by atoms with Gasteiger partial charge in [-0.2, -0.15) is 0 Å². The van der Waals surface area contributed by atoms with E-state index in [-0.39, 0.29) is 17.0 Å². The van der Waals surface area contributed by atoms with Gasteiger partial charge in [-0.1, -0.05) is 25.1 Å². The summed E-state index contributed by atoms with van der Waals surface area (Å²) in [4.78, 5) is 12.0. The van der Waals surface area contributed by atoms with Gasteiger partial charge in [0.15, 0.2) is 0 Å². The summed E-state index contributed by atoms with van der Waals surface area (Å²) >= 11 is 0. The number of aliphatic hydroxyl groups excluding tert-OH is 1. The molecule has 2 aromatic carbocycles. The van der Waals surface area contributed by atoms with Gasteiger partial charge in [0.1, 0.15) is 17.7 Å². The monoisotopic (exact) mass is 303 g/mol. The van der Waals surface area contributed by atoms with Crippen molar-refractivity contribution >= 4 is 11.6 Å². The maximum absolute atomic E-state index is 13.9. The van der Waals surface area contributed by atoms with E-state index in [1.54, 1.807) is 6.07 Å². The summed E-state index contributed by atoms with van der Waals surface area (Å²) in [5.74, 6) is -1.81. The molecule has 0 bridgehead atoms. The predicted octanol–water partition coefficient (Wildman–Crippen LogP) is 3.49. The van der Waals surface area contributed by atoms with Crippen LogP contribution in [0.15, 0.2) is 36.4 Å². The van der Waals surface area contributed by atoms with Gasteiger partial charge in [0.05, 0.1) is 11.6 Å². The van der Waals surface area contributed by atoms with E-state index in [4.69, 9.17) is 0 Å². The second kappa shape index (κ2) is 5.50. The molecule has 0 radical (unpaired) electrons. The number of anilines is 1. The standard InChI is InChI=1S/C17H15F2NO2/c1-2-10-12-7-9(18)8-13(15(12)20-17(10)22)16(21)11-5-3-4-6-14(11)19/h3-8,10,16,21H,2H2,1H3,(H,20,22). The zero-order valence-corrected chi connectivity index (χ0v) is 11.9. The molecule has 3 rings (SSSR count). The Morgan fingerprint density at radius 3 is 2.64 bits per heavy atom. The van der Waals surface area contributed by atoms with Gasteiger partial charge >= 0.3 is 0 Å². The molecule has 3 nitrogen and oxygen atoms in total. The number of rotatable bonds is 3. The Hall–Kier alpha value is -2.27. The number of nitrogens with one attached hydrogen (secondary N) is 1. The molecule has 0 fully saturated rings. The molecule has 114 valence electrons. The first-order chi connectivity index (χ1) is 10.5. The predicted molar refractivity (Wildman–Crippen MR) is 78.5 cm³/mol. The average Bonchev–Trinajstić information content (AvgIpc) is 2.81. The zero-order valence-electron chi connectivity index (χ0n) is 11.9. The molecule has 0 aromatic heterocycles. The fraction of sp³-hybridized carbons (Fsp3) is 0.235. The molecule has 2 aromatic rings. The van der Waals surface area contributed by atoms with Crippen molar-refractivity contribution in [2.75, 3.05) is 5.32 Å². The van der Waals surface area contributed by atoms with Gasteiger partial charge in [0.25, 0.3) is 0 Å². The minimum atomic E-state index is -1.35. The van der Waals surface area contributed by atoms with Crippen LogP contribution in [0, 0.1) is 11.6 Å². The molecular formula is C17H15F2NO2. The van der Waals surface area contributed by atoms with Crippen molar-refractivity contribution < 1.29 is 18.7 Å². The van der Waals surface area contributed by atoms with Gasteiger partial charge in [-0.15, -0.1) is 0 Å². The zero-order chi connectivity index (χ0) is 15.9. The van der Waals surface area contributed by atoms with Crippen LogP contribution in [0.3, 0.4) is 0 Å². The van der Waals surface area contributed by atoms with Crippen LogP contribution in [0.25, 0.3) is 0 Å².